The lowest BCUT2D eigenvalue weighted by atomic mass is 10.1. The molecule has 9 heteroatoms. The molecule has 27 heavy (non-hydrogen) atoms. The average Bonchev–Trinajstić information content (AvgIpc) is 3.15. The molecule has 140 valence electrons. The minimum absolute atomic E-state index is 0.0327. The number of carbonyl (C=O) groups excluding carboxylic acids is 1. The normalized spacial score (nSPS) is 11.2. The van der Waals surface area contributed by atoms with Crippen molar-refractivity contribution < 1.29 is 22.7 Å². The molecule has 0 aliphatic rings. The Morgan fingerprint density at radius 3 is 2.70 bits per heavy atom. The number of anilines is 2. The number of carbonyl (C=O) groups is 1. The van der Waals surface area contributed by atoms with Crippen molar-refractivity contribution in [2.75, 3.05) is 17.7 Å². The van der Waals surface area contributed by atoms with Crippen LogP contribution in [0.1, 0.15) is 5.56 Å². The van der Waals surface area contributed by atoms with Crippen LogP contribution in [0.2, 0.25) is 0 Å². The van der Waals surface area contributed by atoms with Gasteiger partial charge >= 0.3 is 6.18 Å². The standard InChI is InChI=1S/C18H14F3N3O2S/c19-18(20,21)12-2-1-3-13(7-12)24-17(25)8-26-16-5-4-11(6-14(16)22)15-9-27-10-23-15/h1-7,9-10H,8,22H2,(H,24,25). The number of aromatic nitrogens is 1. The molecule has 3 aromatic rings. The van der Waals surface area contributed by atoms with E-state index in [-0.39, 0.29) is 5.69 Å². The number of hydrogen-bond acceptors (Lipinski definition) is 5. The van der Waals surface area contributed by atoms with Gasteiger partial charge in [-0.3, -0.25) is 4.79 Å². The van der Waals surface area contributed by atoms with Gasteiger partial charge < -0.3 is 15.8 Å². The molecule has 0 aliphatic carbocycles. The van der Waals surface area contributed by atoms with Gasteiger partial charge in [0.05, 0.1) is 22.5 Å². The summed E-state index contributed by atoms with van der Waals surface area (Å²) in [5.41, 5.74) is 8.74. The van der Waals surface area contributed by atoms with E-state index in [0.29, 0.717) is 11.4 Å². The fourth-order valence-corrected chi connectivity index (χ4v) is 2.87. The molecular formula is C18H14F3N3O2S. The number of thiazole rings is 1. The van der Waals surface area contributed by atoms with Crippen LogP contribution in [0, 0.1) is 0 Å². The lowest BCUT2D eigenvalue weighted by Crippen LogP contribution is -2.20. The number of amides is 1. The van der Waals surface area contributed by atoms with Crippen LogP contribution in [0.25, 0.3) is 11.3 Å². The van der Waals surface area contributed by atoms with Gasteiger partial charge in [0, 0.05) is 16.6 Å². The van der Waals surface area contributed by atoms with Crippen LogP contribution in [0.5, 0.6) is 5.75 Å². The predicted octanol–water partition coefficient (Wildman–Crippen LogP) is 4.43. The average molecular weight is 393 g/mol. The number of rotatable bonds is 5. The first-order chi connectivity index (χ1) is 12.8. The maximum Gasteiger partial charge on any atom is 0.416 e. The Balaban J connectivity index is 1.61. The third kappa shape index (κ3) is 4.76. The summed E-state index contributed by atoms with van der Waals surface area (Å²) in [7, 11) is 0. The summed E-state index contributed by atoms with van der Waals surface area (Å²) in [6.07, 6.45) is -4.48. The zero-order chi connectivity index (χ0) is 19.4. The van der Waals surface area contributed by atoms with Crippen molar-refractivity contribution in [3.63, 3.8) is 0 Å². The highest BCUT2D eigenvalue weighted by Crippen LogP contribution is 2.31. The van der Waals surface area contributed by atoms with Crippen LogP contribution in [0.4, 0.5) is 24.5 Å². The Morgan fingerprint density at radius 2 is 2.04 bits per heavy atom. The van der Waals surface area contributed by atoms with Crippen LogP contribution >= 0.6 is 11.3 Å². The minimum atomic E-state index is -4.48. The van der Waals surface area contributed by atoms with Gasteiger partial charge in [-0.15, -0.1) is 11.3 Å². The molecule has 0 fully saturated rings. The van der Waals surface area contributed by atoms with Crippen LogP contribution in [0.3, 0.4) is 0 Å². The predicted molar refractivity (Wildman–Crippen MR) is 97.5 cm³/mol. The quantitative estimate of drug-likeness (QED) is 0.629. The fourth-order valence-electron chi connectivity index (χ4n) is 2.31. The van der Waals surface area contributed by atoms with Crippen molar-refractivity contribution in [1.82, 2.24) is 4.98 Å². The molecule has 1 amide bonds. The Morgan fingerprint density at radius 1 is 1.22 bits per heavy atom. The molecule has 0 unspecified atom stereocenters. The lowest BCUT2D eigenvalue weighted by Gasteiger charge is -2.12. The summed E-state index contributed by atoms with van der Waals surface area (Å²) < 4.78 is 43.5. The highest BCUT2D eigenvalue weighted by molar-refractivity contribution is 7.07. The fraction of sp³-hybridized carbons (Fsp3) is 0.111. The van der Waals surface area contributed by atoms with Gasteiger partial charge in [-0.2, -0.15) is 13.2 Å². The molecule has 0 spiro atoms. The smallest absolute Gasteiger partial charge is 0.416 e. The molecule has 5 nitrogen and oxygen atoms in total. The second-order valence-electron chi connectivity index (χ2n) is 5.54. The van der Waals surface area contributed by atoms with Crippen molar-refractivity contribution >= 4 is 28.6 Å². The zero-order valence-electron chi connectivity index (χ0n) is 13.8. The molecule has 2 aromatic carbocycles. The number of nitrogens with one attached hydrogen (secondary N) is 1. The first-order valence-corrected chi connectivity index (χ1v) is 8.65. The van der Waals surface area contributed by atoms with Gasteiger partial charge in [-0.1, -0.05) is 6.07 Å². The van der Waals surface area contributed by atoms with Gasteiger partial charge in [0.2, 0.25) is 0 Å². The molecule has 3 N–H and O–H groups in total. The maximum absolute atomic E-state index is 12.7. The molecule has 0 saturated carbocycles. The van der Waals surface area contributed by atoms with E-state index in [1.807, 2.05) is 5.38 Å². The van der Waals surface area contributed by atoms with Crippen molar-refractivity contribution in [1.29, 1.82) is 0 Å². The third-order valence-corrected chi connectivity index (χ3v) is 4.16. The summed E-state index contributed by atoms with van der Waals surface area (Å²) in [5.74, 6) is -0.300. The molecule has 1 heterocycles. The summed E-state index contributed by atoms with van der Waals surface area (Å²) >= 11 is 1.46. The van der Waals surface area contributed by atoms with E-state index in [1.165, 1.54) is 23.5 Å². The Kier molecular flexibility index (Phi) is 5.31. The van der Waals surface area contributed by atoms with E-state index in [9.17, 15) is 18.0 Å². The van der Waals surface area contributed by atoms with Crippen LogP contribution in [0.15, 0.2) is 53.4 Å². The summed E-state index contributed by atoms with van der Waals surface area (Å²) in [6.45, 7) is -0.392. The SMILES string of the molecule is Nc1cc(-c2cscn2)ccc1OCC(=O)Nc1cccc(C(F)(F)F)c1. The number of nitrogens with two attached hydrogens (primary N) is 1. The zero-order valence-corrected chi connectivity index (χ0v) is 14.6. The Labute approximate surface area is 156 Å². The number of alkyl halides is 3. The molecule has 0 radical (unpaired) electrons. The molecule has 0 atom stereocenters. The van der Waals surface area contributed by atoms with Gasteiger partial charge in [0.25, 0.3) is 5.91 Å². The number of benzene rings is 2. The van der Waals surface area contributed by atoms with Gasteiger partial charge in [-0.05, 0) is 36.4 Å². The topological polar surface area (TPSA) is 77.2 Å². The first kappa shape index (κ1) is 18.7. The van der Waals surface area contributed by atoms with Gasteiger partial charge in [-0.25, -0.2) is 4.98 Å². The molecular weight excluding hydrogens is 379 g/mol. The summed E-state index contributed by atoms with van der Waals surface area (Å²) in [5, 5.41) is 4.24. The summed E-state index contributed by atoms with van der Waals surface area (Å²) in [6, 6.07) is 9.41. The van der Waals surface area contributed by atoms with Crippen molar-refractivity contribution in [2.45, 2.75) is 6.18 Å². The van der Waals surface area contributed by atoms with E-state index in [0.717, 1.165) is 23.4 Å². The van der Waals surface area contributed by atoms with Gasteiger partial charge in [0.15, 0.2) is 6.61 Å². The Hall–Kier alpha value is -3.07. The second kappa shape index (κ2) is 7.67. The minimum Gasteiger partial charge on any atom is -0.482 e. The second-order valence-corrected chi connectivity index (χ2v) is 6.26. The molecule has 0 aliphatic heterocycles. The number of halogens is 3. The highest BCUT2D eigenvalue weighted by Gasteiger charge is 2.30. The number of ether oxygens (including phenoxy) is 1. The van der Waals surface area contributed by atoms with Crippen LogP contribution in [-0.4, -0.2) is 17.5 Å². The molecule has 0 bridgehead atoms. The van der Waals surface area contributed by atoms with E-state index >= 15 is 0 Å². The third-order valence-electron chi connectivity index (χ3n) is 3.57. The highest BCUT2D eigenvalue weighted by atomic mass is 32.1. The number of hydrogen-bond donors (Lipinski definition) is 2. The van der Waals surface area contributed by atoms with Gasteiger partial charge in [0.1, 0.15) is 5.75 Å². The monoisotopic (exact) mass is 393 g/mol. The Bertz CT molecular complexity index is 943. The van der Waals surface area contributed by atoms with Crippen molar-refractivity contribution in [3.8, 4) is 17.0 Å². The number of nitrogen functional groups attached to an aromatic ring is 1. The van der Waals surface area contributed by atoms with Crippen molar-refractivity contribution in [3.05, 3.63) is 58.9 Å². The molecule has 3 rings (SSSR count). The van der Waals surface area contributed by atoms with E-state index in [1.54, 1.807) is 23.7 Å². The van der Waals surface area contributed by atoms with E-state index in [2.05, 4.69) is 10.3 Å². The summed E-state index contributed by atoms with van der Waals surface area (Å²) in [4.78, 5) is 16.1. The van der Waals surface area contributed by atoms with E-state index < -0.39 is 24.3 Å². The lowest BCUT2D eigenvalue weighted by molar-refractivity contribution is -0.137. The molecule has 1 aromatic heterocycles. The molecule has 0 saturated heterocycles. The van der Waals surface area contributed by atoms with E-state index in [4.69, 9.17) is 10.5 Å². The largest absolute Gasteiger partial charge is 0.482 e. The van der Waals surface area contributed by atoms with Crippen molar-refractivity contribution in [2.24, 2.45) is 0 Å². The van der Waals surface area contributed by atoms with Crippen LogP contribution in [-0.2, 0) is 11.0 Å². The maximum atomic E-state index is 12.7. The first-order valence-electron chi connectivity index (χ1n) is 7.71. The van der Waals surface area contributed by atoms with Crippen LogP contribution < -0.4 is 15.8 Å². The number of nitrogens with zero attached hydrogens (tertiary/aromatic N) is 1.